The zero-order valence-electron chi connectivity index (χ0n) is 17.5. The number of amides is 1. The van der Waals surface area contributed by atoms with Crippen LogP contribution in [0.25, 0.3) is 16.8 Å². The van der Waals surface area contributed by atoms with Gasteiger partial charge in [-0.3, -0.25) is 4.79 Å². The van der Waals surface area contributed by atoms with Gasteiger partial charge in [0, 0.05) is 24.5 Å². The van der Waals surface area contributed by atoms with Gasteiger partial charge in [0.1, 0.15) is 5.56 Å². The van der Waals surface area contributed by atoms with Gasteiger partial charge in [0.2, 0.25) is 11.8 Å². The van der Waals surface area contributed by atoms with Gasteiger partial charge in [-0.15, -0.1) is 5.10 Å². The van der Waals surface area contributed by atoms with Gasteiger partial charge in [0.05, 0.1) is 13.2 Å². The molecule has 0 aliphatic rings. The zero-order chi connectivity index (χ0) is 23.5. The number of aliphatic hydroxyl groups is 1. The van der Waals surface area contributed by atoms with Crippen LogP contribution in [0, 0.1) is 11.6 Å². The number of pyridine rings is 2. The van der Waals surface area contributed by atoms with Crippen LogP contribution in [-0.4, -0.2) is 44.3 Å². The molecule has 4 N–H and O–H groups in total. The molecule has 1 amide bonds. The van der Waals surface area contributed by atoms with E-state index in [2.05, 4.69) is 20.4 Å². The van der Waals surface area contributed by atoms with Crippen molar-refractivity contribution in [2.24, 2.45) is 0 Å². The van der Waals surface area contributed by atoms with E-state index < -0.39 is 23.6 Å². The topological polar surface area (TPSA) is 128 Å². The molecule has 33 heavy (non-hydrogen) atoms. The molecule has 4 aromatic rings. The lowest BCUT2D eigenvalue weighted by Crippen LogP contribution is -2.26. The first-order valence-corrected chi connectivity index (χ1v) is 9.93. The molecule has 9 nitrogen and oxygen atoms in total. The molecule has 3 aromatic heterocycles. The molecule has 0 radical (unpaired) electrons. The highest BCUT2D eigenvalue weighted by molar-refractivity contribution is 5.97. The predicted octanol–water partition coefficient (Wildman–Crippen LogP) is 2.51. The molecule has 0 bridgehead atoms. The fourth-order valence-corrected chi connectivity index (χ4v) is 3.32. The number of nitrogens with one attached hydrogen (secondary N) is 1. The Kier molecular flexibility index (Phi) is 6.13. The number of halogens is 2. The first-order chi connectivity index (χ1) is 15.9. The fraction of sp³-hybridized carbons (Fsp3) is 0.182. The van der Waals surface area contributed by atoms with Crippen molar-refractivity contribution in [1.82, 2.24) is 24.9 Å². The first kappa shape index (κ1) is 22.1. The number of methoxy groups -OCH3 is 1. The summed E-state index contributed by atoms with van der Waals surface area (Å²) in [6, 6.07) is 8.33. The maximum atomic E-state index is 13.4. The Balaban J connectivity index is 1.48. The van der Waals surface area contributed by atoms with Gasteiger partial charge in [0.25, 0.3) is 5.91 Å². The molecule has 1 unspecified atom stereocenters. The summed E-state index contributed by atoms with van der Waals surface area (Å²) in [5.41, 5.74) is 7.96. The lowest BCUT2D eigenvalue weighted by atomic mass is 10.1. The second-order valence-corrected chi connectivity index (χ2v) is 7.20. The highest BCUT2D eigenvalue weighted by Gasteiger charge is 2.17. The summed E-state index contributed by atoms with van der Waals surface area (Å²) in [7, 11) is 1.40. The molecule has 0 spiro atoms. The Morgan fingerprint density at radius 2 is 2.03 bits per heavy atom. The number of aliphatic hydroxyl groups excluding tert-OH is 1. The number of anilines is 1. The molecule has 11 heteroatoms. The monoisotopic (exact) mass is 454 g/mol. The largest absolute Gasteiger partial charge is 0.480 e. The predicted molar refractivity (Wildman–Crippen MR) is 115 cm³/mol. The Labute approximate surface area is 186 Å². The van der Waals surface area contributed by atoms with Crippen molar-refractivity contribution in [1.29, 1.82) is 0 Å². The Bertz CT molecular complexity index is 1330. The van der Waals surface area contributed by atoms with Gasteiger partial charge in [-0.25, -0.2) is 18.3 Å². The second kappa shape index (κ2) is 9.17. The highest BCUT2D eigenvalue weighted by Crippen LogP contribution is 2.25. The number of benzene rings is 1. The standard InChI is InChI=1S/C22H20F2N6O3/c1-33-21-15(20(32)26-6-4-18(31)13-2-3-16(23)17(24)9-13)8-14(11-27-21)12-5-7-30-19(10-12)28-22(25)29-30/h2-3,5,7-11,18,31H,4,6H2,1H3,(H2,25,29)(H,26,32). The number of carbonyl (C=O) groups is 1. The van der Waals surface area contributed by atoms with Gasteiger partial charge in [-0.2, -0.15) is 4.98 Å². The average molecular weight is 454 g/mol. The van der Waals surface area contributed by atoms with E-state index in [1.165, 1.54) is 17.7 Å². The average Bonchev–Trinajstić information content (AvgIpc) is 3.19. The fourth-order valence-electron chi connectivity index (χ4n) is 3.32. The second-order valence-electron chi connectivity index (χ2n) is 7.20. The summed E-state index contributed by atoms with van der Waals surface area (Å²) >= 11 is 0. The minimum absolute atomic E-state index is 0.0807. The van der Waals surface area contributed by atoms with Gasteiger partial charge in [-0.05, 0) is 47.9 Å². The molecule has 4 rings (SSSR count). The van der Waals surface area contributed by atoms with Crippen LogP contribution in [-0.2, 0) is 0 Å². The number of fused-ring (bicyclic) bond motifs is 1. The van der Waals surface area contributed by atoms with E-state index >= 15 is 0 Å². The minimum atomic E-state index is -1.07. The first-order valence-electron chi connectivity index (χ1n) is 9.93. The van der Waals surface area contributed by atoms with Crippen molar-refractivity contribution in [3.8, 4) is 17.0 Å². The molecular formula is C22H20F2N6O3. The van der Waals surface area contributed by atoms with Crippen molar-refractivity contribution in [2.75, 3.05) is 19.4 Å². The number of nitrogen functional groups attached to an aromatic ring is 1. The van der Waals surface area contributed by atoms with Gasteiger partial charge >= 0.3 is 0 Å². The van der Waals surface area contributed by atoms with Crippen LogP contribution in [0.3, 0.4) is 0 Å². The van der Waals surface area contributed by atoms with Gasteiger partial charge in [-0.1, -0.05) is 6.07 Å². The van der Waals surface area contributed by atoms with Crippen LogP contribution in [0.5, 0.6) is 5.88 Å². The van der Waals surface area contributed by atoms with Crippen molar-refractivity contribution in [3.63, 3.8) is 0 Å². The summed E-state index contributed by atoms with van der Waals surface area (Å²) in [6.07, 6.45) is 2.28. The van der Waals surface area contributed by atoms with Crippen molar-refractivity contribution in [3.05, 3.63) is 71.6 Å². The van der Waals surface area contributed by atoms with E-state index in [9.17, 15) is 18.7 Å². The number of hydrogen-bond donors (Lipinski definition) is 3. The third-order valence-electron chi connectivity index (χ3n) is 5.01. The third-order valence-corrected chi connectivity index (χ3v) is 5.01. The van der Waals surface area contributed by atoms with Crippen molar-refractivity contribution in [2.45, 2.75) is 12.5 Å². The van der Waals surface area contributed by atoms with Crippen molar-refractivity contribution < 1.29 is 23.4 Å². The smallest absolute Gasteiger partial charge is 0.256 e. The third kappa shape index (κ3) is 4.72. The van der Waals surface area contributed by atoms with Crippen LogP contribution >= 0.6 is 0 Å². The van der Waals surface area contributed by atoms with Crippen LogP contribution < -0.4 is 15.8 Å². The maximum Gasteiger partial charge on any atom is 0.256 e. The van der Waals surface area contributed by atoms with E-state index in [1.54, 1.807) is 30.6 Å². The molecular weight excluding hydrogens is 434 g/mol. The van der Waals surface area contributed by atoms with E-state index in [0.29, 0.717) is 11.2 Å². The number of hydrogen-bond acceptors (Lipinski definition) is 7. The molecule has 1 aromatic carbocycles. The molecule has 3 heterocycles. The Morgan fingerprint density at radius 3 is 2.79 bits per heavy atom. The molecule has 0 saturated heterocycles. The number of nitrogens with zero attached hydrogens (tertiary/aromatic N) is 4. The van der Waals surface area contributed by atoms with E-state index in [-0.39, 0.29) is 35.9 Å². The summed E-state index contributed by atoms with van der Waals surface area (Å²) in [5, 5.41) is 16.9. The SMILES string of the molecule is COc1ncc(-c2ccn3nc(N)nc3c2)cc1C(=O)NCCC(O)c1ccc(F)c(F)c1. The lowest BCUT2D eigenvalue weighted by molar-refractivity contribution is 0.0939. The molecule has 0 saturated carbocycles. The van der Waals surface area contributed by atoms with Crippen molar-refractivity contribution >= 4 is 17.5 Å². The van der Waals surface area contributed by atoms with Crippen LogP contribution in [0.2, 0.25) is 0 Å². The summed E-state index contributed by atoms with van der Waals surface area (Å²) < 4.78 is 33.2. The van der Waals surface area contributed by atoms with Gasteiger partial charge in [0.15, 0.2) is 17.3 Å². The summed E-state index contributed by atoms with van der Waals surface area (Å²) in [4.78, 5) is 21.1. The molecule has 0 aliphatic carbocycles. The summed E-state index contributed by atoms with van der Waals surface area (Å²) in [6.45, 7) is 0.0807. The van der Waals surface area contributed by atoms with Crippen LogP contribution in [0.4, 0.5) is 14.7 Å². The number of ether oxygens (including phenoxy) is 1. The lowest BCUT2D eigenvalue weighted by Gasteiger charge is -2.13. The molecule has 1 atom stereocenters. The number of rotatable bonds is 7. The number of carbonyl (C=O) groups excluding carboxylic acids is 1. The van der Waals surface area contributed by atoms with Crippen LogP contribution in [0.1, 0.15) is 28.4 Å². The van der Waals surface area contributed by atoms with E-state index in [0.717, 1.165) is 17.7 Å². The van der Waals surface area contributed by atoms with E-state index in [4.69, 9.17) is 10.5 Å². The highest BCUT2D eigenvalue weighted by atomic mass is 19.2. The normalized spacial score (nSPS) is 12.0. The molecule has 0 aliphatic heterocycles. The Morgan fingerprint density at radius 1 is 1.21 bits per heavy atom. The quantitative estimate of drug-likeness (QED) is 0.391. The Hall–Kier alpha value is -4.12. The number of nitrogens with two attached hydrogens (primary N) is 1. The number of aromatic nitrogens is 4. The van der Waals surface area contributed by atoms with Crippen LogP contribution in [0.15, 0.2) is 48.8 Å². The molecule has 170 valence electrons. The van der Waals surface area contributed by atoms with Gasteiger partial charge < -0.3 is 20.9 Å². The summed E-state index contributed by atoms with van der Waals surface area (Å²) in [5.74, 6) is -2.23. The maximum absolute atomic E-state index is 13.4. The van der Waals surface area contributed by atoms with E-state index in [1.807, 2.05) is 0 Å². The minimum Gasteiger partial charge on any atom is -0.480 e. The zero-order valence-corrected chi connectivity index (χ0v) is 17.5. The molecule has 0 fully saturated rings.